The van der Waals surface area contributed by atoms with E-state index < -0.39 is 17.5 Å². The first-order chi connectivity index (χ1) is 8.24. The number of hydrogen-bond donors (Lipinski definition) is 2. The van der Waals surface area contributed by atoms with E-state index in [4.69, 9.17) is 21.4 Å². The van der Waals surface area contributed by atoms with Gasteiger partial charge in [0.05, 0.1) is 0 Å². The van der Waals surface area contributed by atoms with Crippen LogP contribution >= 0.6 is 11.3 Å². The summed E-state index contributed by atoms with van der Waals surface area (Å²) in [6.45, 7) is 2.53. The molecule has 1 aromatic rings. The van der Waals surface area contributed by atoms with Gasteiger partial charge >= 0.3 is 5.97 Å². The average molecular weight is 271 g/mol. The SMILES string of the molecule is CC(C)(O/N=C(/C([NH])=O)c1nc(N)cs1)C(=O)O. The molecule has 4 N–H and O–H groups in total. The van der Waals surface area contributed by atoms with Gasteiger partial charge in [-0.3, -0.25) is 10.5 Å². The Hall–Kier alpha value is -2.16. The number of hydrogen-bond acceptors (Lipinski definition) is 7. The molecule has 1 radical (unpaired) electrons. The van der Waals surface area contributed by atoms with Gasteiger partial charge in [-0.2, -0.15) is 0 Å². The zero-order chi connectivity index (χ0) is 13.9. The fourth-order valence-electron chi connectivity index (χ4n) is 0.771. The molecule has 0 atom stereocenters. The summed E-state index contributed by atoms with van der Waals surface area (Å²) in [5, 5.41) is 13.8. The minimum atomic E-state index is -1.61. The Morgan fingerprint density at radius 3 is 2.61 bits per heavy atom. The van der Waals surface area contributed by atoms with Crippen molar-refractivity contribution in [2.24, 2.45) is 5.16 Å². The number of aliphatic carboxylic acids is 1. The molecule has 0 saturated carbocycles. The number of carboxylic acid groups (broad SMARTS) is 1. The fraction of sp³-hybridized carbons (Fsp3) is 0.333. The number of rotatable bonds is 5. The average Bonchev–Trinajstić information content (AvgIpc) is 2.64. The standard InChI is InChI=1S/C9H11N4O4S/c1-9(2,8(15)16)17-13-5(6(11)14)7-12-4(10)3-18-7/h3,11H,10H2,1-2H3,(H,15,16)/b13-5-. The molecule has 0 aliphatic heterocycles. The third-order valence-corrected chi connectivity index (χ3v) is 2.69. The van der Waals surface area contributed by atoms with E-state index in [1.807, 2.05) is 0 Å². The minimum absolute atomic E-state index is 0.105. The Balaban J connectivity index is 3.01. The van der Waals surface area contributed by atoms with Crippen LogP contribution in [0.4, 0.5) is 5.82 Å². The predicted molar refractivity (Wildman–Crippen MR) is 64.0 cm³/mol. The zero-order valence-electron chi connectivity index (χ0n) is 9.63. The molecule has 0 unspecified atom stereocenters. The predicted octanol–water partition coefficient (Wildman–Crippen LogP) is 0.119. The minimum Gasteiger partial charge on any atom is -0.478 e. The van der Waals surface area contributed by atoms with E-state index in [9.17, 15) is 9.59 Å². The lowest BCUT2D eigenvalue weighted by Crippen LogP contribution is -2.34. The maximum absolute atomic E-state index is 11.1. The zero-order valence-corrected chi connectivity index (χ0v) is 10.4. The van der Waals surface area contributed by atoms with Crippen LogP contribution in [0.25, 0.3) is 0 Å². The summed E-state index contributed by atoms with van der Waals surface area (Å²) in [7, 11) is 0. The van der Waals surface area contributed by atoms with Crippen molar-refractivity contribution in [2.75, 3.05) is 5.73 Å². The Morgan fingerprint density at radius 1 is 1.61 bits per heavy atom. The number of carboxylic acids is 1. The maximum atomic E-state index is 11.1. The van der Waals surface area contributed by atoms with Gasteiger partial charge in [-0.15, -0.1) is 11.3 Å². The van der Waals surface area contributed by atoms with E-state index in [2.05, 4.69) is 10.1 Å². The van der Waals surface area contributed by atoms with Crippen molar-refractivity contribution < 1.29 is 19.5 Å². The summed E-state index contributed by atoms with van der Waals surface area (Å²) in [5.74, 6) is -2.20. The summed E-state index contributed by atoms with van der Waals surface area (Å²) in [6, 6.07) is 0. The molecule has 0 fully saturated rings. The van der Waals surface area contributed by atoms with Crippen molar-refractivity contribution in [3.63, 3.8) is 0 Å². The smallest absolute Gasteiger partial charge is 0.350 e. The number of carbonyl (C=O) groups is 2. The van der Waals surface area contributed by atoms with Gasteiger partial charge in [0.25, 0.3) is 5.91 Å². The Kier molecular flexibility index (Phi) is 3.86. The Bertz CT molecular complexity index is 508. The lowest BCUT2D eigenvalue weighted by molar-refractivity contribution is -0.161. The van der Waals surface area contributed by atoms with Crippen LogP contribution in [0.1, 0.15) is 18.9 Å². The van der Waals surface area contributed by atoms with Crippen molar-refractivity contribution in [1.82, 2.24) is 10.7 Å². The number of thiazole rings is 1. The number of carbonyl (C=O) groups excluding carboxylic acids is 1. The molecule has 0 aromatic carbocycles. The molecular formula is C9H11N4O4S. The summed E-state index contributed by atoms with van der Waals surface area (Å²) in [4.78, 5) is 30.4. The van der Waals surface area contributed by atoms with Crippen LogP contribution < -0.4 is 11.5 Å². The van der Waals surface area contributed by atoms with Crippen molar-refractivity contribution in [2.45, 2.75) is 19.4 Å². The van der Waals surface area contributed by atoms with Crippen LogP contribution in [-0.4, -0.2) is 33.3 Å². The molecule has 1 aromatic heterocycles. The largest absolute Gasteiger partial charge is 0.478 e. The van der Waals surface area contributed by atoms with Crippen LogP contribution in [0.3, 0.4) is 0 Å². The van der Waals surface area contributed by atoms with E-state index in [1.165, 1.54) is 19.2 Å². The lowest BCUT2D eigenvalue weighted by atomic mass is 10.1. The van der Waals surface area contributed by atoms with Gasteiger partial charge in [-0.05, 0) is 13.8 Å². The van der Waals surface area contributed by atoms with Crippen molar-refractivity contribution in [3.05, 3.63) is 10.4 Å². The number of anilines is 1. The van der Waals surface area contributed by atoms with Gasteiger partial charge in [0.15, 0.2) is 5.01 Å². The number of aromatic nitrogens is 1. The topological polar surface area (TPSA) is 139 Å². The number of oxime groups is 1. The monoisotopic (exact) mass is 271 g/mol. The lowest BCUT2D eigenvalue weighted by Gasteiger charge is -2.16. The summed E-state index contributed by atoms with van der Waals surface area (Å²) in [5.41, 5.74) is 10.4. The van der Waals surface area contributed by atoms with Crippen LogP contribution in [0.2, 0.25) is 0 Å². The van der Waals surface area contributed by atoms with Crippen LogP contribution in [0.15, 0.2) is 10.5 Å². The van der Waals surface area contributed by atoms with Crippen molar-refractivity contribution >= 4 is 34.7 Å². The highest BCUT2D eigenvalue weighted by Gasteiger charge is 2.30. The first-order valence-corrected chi connectivity index (χ1v) is 5.59. The van der Waals surface area contributed by atoms with Crippen LogP contribution in [0, 0.1) is 0 Å². The molecular weight excluding hydrogens is 260 g/mol. The molecule has 1 heterocycles. The van der Waals surface area contributed by atoms with E-state index in [0.717, 1.165) is 11.3 Å². The molecule has 9 heteroatoms. The van der Waals surface area contributed by atoms with E-state index in [-0.39, 0.29) is 16.5 Å². The second kappa shape index (κ2) is 5.00. The van der Waals surface area contributed by atoms with E-state index >= 15 is 0 Å². The molecule has 1 amide bonds. The highest BCUT2D eigenvalue weighted by molar-refractivity contribution is 7.13. The molecule has 0 bridgehead atoms. The number of amides is 1. The maximum Gasteiger partial charge on any atom is 0.350 e. The van der Waals surface area contributed by atoms with Crippen LogP contribution in [-0.2, 0) is 14.4 Å². The highest BCUT2D eigenvalue weighted by Crippen LogP contribution is 2.15. The second-order valence-corrected chi connectivity index (χ2v) is 4.61. The summed E-state index contributed by atoms with van der Waals surface area (Å²) in [6.07, 6.45) is 0. The number of nitrogens with zero attached hydrogens (tertiary/aromatic N) is 2. The molecule has 97 valence electrons. The third kappa shape index (κ3) is 3.17. The molecule has 0 saturated heterocycles. The van der Waals surface area contributed by atoms with Gasteiger partial charge in [-0.25, -0.2) is 9.78 Å². The number of nitrogen functional groups attached to an aromatic ring is 1. The fourth-order valence-corrected chi connectivity index (χ4v) is 1.46. The van der Waals surface area contributed by atoms with Crippen molar-refractivity contribution in [3.8, 4) is 0 Å². The number of nitrogens with two attached hydrogens (primary N) is 1. The normalized spacial score (nSPS) is 12.2. The second-order valence-electron chi connectivity index (χ2n) is 3.75. The first-order valence-electron chi connectivity index (χ1n) is 4.71. The van der Waals surface area contributed by atoms with Gasteiger partial charge in [0.2, 0.25) is 11.3 Å². The Morgan fingerprint density at radius 2 is 2.22 bits per heavy atom. The van der Waals surface area contributed by atoms with Gasteiger partial charge in [-0.1, -0.05) is 5.16 Å². The first kappa shape index (κ1) is 13.9. The van der Waals surface area contributed by atoms with Crippen molar-refractivity contribution in [1.29, 1.82) is 0 Å². The molecule has 1 rings (SSSR count). The summed E-state index contributed by atoms with van der Waals surface area (Å²) >= 11 is 1.01. The molecule has 18 heavy (non-hydrogen) atoms. The quantitative estimate of drug-likeness (QED) is 0.576. The van der Waals surface area contributed by atoms with E-state index in [0.29, 0.717) is 0 Å². The molecule has 0 aliphatic carbocycles. The molecule has 0 aliphatic rings. The van der Waals surface area contributed by atoms with Gasteiger partial charge in [0.1, 0.15) is 5.82 Å². The van der Waals surface area contributed by atoms with Gasteiger partial charge < -0.3 is 15.7 Å². The highest BCUT2D eigenvalue weighted by atomic mass is 32.1. The Labute approximate surface area is 106 Å². The summed E-state index contributed by atoms with van der Waals surface area (Å²) < 4.78 is 0. The number of nitrogens with one attached hydrogen (secondary N) is 1. The molecule has 0 spiro atoms. The van der Waals surface area contributed by atoms with Gasteiger partial charge in [0, 0.05) is 5.38 Å². The third-order valence-electron chi connectivity index (χ3n) is 1.82. The molecule has 8 nitrogen and oxygen atoms in total. The van der Waals surface area contributed by atoms with Crippen LogP contribution in [0.5, 0.6) is 0 Å². The van der Waals surface area contributed by atoms with E-state index in [1.54, 1.807) is 0 Å².